The second-order valence-corrected chi connectivity index (χ2v) is 10.2. The van der Waals surface area contributed by atoms with Crippen LogP contribution in [0.25, 0.3) is 10.2 Å². The lowest BCUT2D eigenvalue weighted by atomic mass is 10.1. The molecule has 0 N–H and O–H groups in total. The predicted molar refractivity (Wildman–Crippen MR) is 115 cm³/mol. The molecule has 1 fully saturated rings. The average Bonchev–Trinajstić information content (AvgIpc) is 3.14. The van der Waals surface area contributed by atoms with Gasteiger partial charge in [0.25, 0.3) is 11.1 Å². The molecule has 0 atom stereocenters. The Morgan fingerprint density at radius 2 is 1.93 bits per heavy atom. The standard InChI is InChI=1S/C21H22N2O5S2/c1-27-16-6-7-18-19(13-16)29-21(22-18)28-15-8-10-23(11-9-15)20(24)14-4-3-5-17(12-14)30(2,25)26/h3-7,12-13,15H,8-11H2,1-2H3. The first-order valence-corrected chi connectivity index (χ1v) is 12.2. The number of carbonyl (C=O) groups excluding carboxylic acids is 1. The lowest BCUT2D eigenvalue weighted by Crippen LogP contribution is -2.41. The molecule has 1 saturated heterocycles. The highest BCUT2D eigenvalue weighted by molar-refractivity contribution is 7.90. The van der Waals surface area contributed by atoms with Crippen LogP contribution >= 0.6 is 11.3 Å². The Labute approximate surface area is 179 Å². The fourth-order valence-corrected chi connectivity index (χ4v) is 5.00. The van der Waals surface area contributed by atoms with Crippen LogP contribution in [0.4, 0.5) is 0 Å². The van der Waals surface area contributed by atoms with E-state index in [9.17, 15) is 13.2 Å². The molecule has 7 nitrogen and oxygen atoms in total. The summed E-state index contributed by atoms with van der Waals surface area (Å²) in [6.45, 7) is 1.09. The number of sulfone groups is 1. The minimum Gasteiger partial charge on any atom is -0.497 e. The number of likely N-dealkylation sites (tertiary alicyclic amines) is 1. The second-order valence-electron chi connectivity index (χ2n) is 7.22. The highest BCUT2D eigenvalue weighted by Gasteiger charge is 2.26. The minimum absolute atomic E-state index is 0.0149. The van der Waals surface area contributed by atoms with Crippen molar-refractivity contribution in [1.29, 1.82) is 0 Å². The molecule has 0 aliphatic carbocycles. The molecule has 0 spiro atoms. The van der Waals surface area contributed by atoms with Crippen molar-refractivity contribution in [2.75, 3.05) is 26.5 Å². The van der Waals surface area contributed by atoms with Crippen LogP contribution in [0.15, 0.2) is 47.4 Å². The summed E-state index contributed by atoms with van der Waals surface area (Å²) in [6.07, 6.45) is 2.50. The van der Waals surface area contributed by atoms with Gasteiger partial charge in [0.05, 0.1) is 22.2 Å². The monoisotopic (exact) mass is 446 g/mol. The van der Waals surface area contributed by atoms with Gasteiger partial charge in [0.1, 0.15) is 11.9 Å². The topological polar surface area (TPSA) is 85.8 Å². The number of piperidine rings is 1. The van der Waals surface area contributed by atoms with Gasteiger partial charge in [-0.25, -0.2) is 13.4 Å². The summed E-state index contributed by atoms with van der Waals surface area (Å²) in [5, 5.41) is 0.615. The third-order valence-corrected chi connectivity index (χ3v) is 7.10. The molecule has 0 saturated carbocycles. The van der Waals surface area contributed by atoms with E-state index < -0.39 is 9.84 Å². The predicted octanol–water partition coefficient (Wildman–Crippen LogP) is 3.39. The number of hydrogen-bond acceptors (Lipinski definition) is 7. The Kier molecular flexibility index (Phi) is 5.66. The molecule has 4 rings (SSSR count). The maximum atomic E-state index is 12.8. The van der Waals surface area contributed by atoms with Crippen molar-refractivity contribution in [3.8, 4) is 10.9 Å². The first kappa shape index (κ1) is 20.6. The molecular formula is C21H22N2O5S2. The summed E-state index contributed by atoms with van der Waals surface area (Å²) >= 11 is 1.48. The number of carbonyl (C=O) groups is 1. The smallest absolute Gasteiger partial charge is 0.274 e. The molecule has 2 heterocycles. The van der Waals surface area contributed by atoms with Crippen LogP contribution in [-0.4, -0.2) is 56.8 Å². The van der Waals surface area contributed by atoms with Gasteiger partial charge in [0.2, 0.25) is 0 Å². The zero-order chi connectivity index (χ0) is 21.3. The van der Waals surface area contributed by atoms with Gasteiger partial charge in [0.15, 0.2) is 9.84 Å². The largest absolute Gasteiger partial charge is 0.497 e. The normalized spacial score (nSPS) is 15.3. The molecule has 3 aromatic rings. The van der Waals surface area contributed by atoms with E-state index in [1.807, 2.05) is 18.2 Å². The van der Waals surface area contributed by atoms with Gasteiger partial charge in [0, 0.05) is 37.8 Å². The number of hydrogen-bond donors (Lipinski definition) is 0. The number of methoxy groups -OCH3 is 1. The van der Waals surface area contributed by atoms with Crippen molar-refractivity contribution in [1.82, 2.24) is 9.88 Å². The number of ether oxygens (including phenoxy) is 2. The van der Waals surface area contributed by atoms with Crippen LogP contribution in [0.3, 0.4) is 0 Å². The fraction of sp³-hybridized carbons (Fsp3) is 0.333. The molecule has 1 aromatic heterocycles. The van der Waals surface area contributed by atoms with E-state index >= 15 is 0 Å². The zero-order valence-corrected chi connectivity index (χ0v) is 18.3. The quantitative estimate of drug-likeness (QED) is 0.597. The maximum absolute atomic E-state index is 12.8. The van der Waals surface area contributed by atoms with Gasteiger partial charge in [-0.2, -0.15) is 0 Å². The van der Waals surface area contributed by atoms with Gasteiger partial charge >= 0.3 is 0 Å². The first-order valence-electron chi connectivity index (χ1n) is 9.54. The number of nitrogens with zero attached hydrogens (tertiary/aromatic N) is 2. The molecule has 158 valence electrons. The molecule has 1 amide bonds. The Morgan fingerprint density at radius 3 is 2.63 bits per heavy atom. The van der Waals surface area contributed by atoms with E-state index in [2.05, 4.69) is 4.98 Å². The highest BCUT2D eigenvalue weighted by Crippen LogP contribution is 2.32. The molecule has 9 heteroatoms. The van der Waals surface area contributed by atoms with Crippen LogP contribution in [0.2, 0.25) is 0 Å². The van der Waals surface area contributed by atoms with Gasteiger partial charge < -0.3 is 14.4 Å². The molecule has 2 aromatic carbocycles. The Hall–Kier alpha value is -2.65. The zero-order valence-electron chi connectivity index (χ0n) is 16.7. The van der Waals surface area contributed by atoms with Crippen LogP contribution in [0.5, 0.6) is 10.9 Å². The van der Waals surface area contributed by atoms with Crippen LogP contribution in [-0.2, 0) is 9.84 Å². The third kappa shape index (κ3) is 4.41. The summed E-state index contributed by atoms with van der Waals surface area (Å²) in [6, 6.07) is 11.9. The Bertz CT molecular complexity index is 1180. The molecule has 0 bridgehead atoms. The van der Waals surface area contributed by atoms with Gasteiger partial charge in [-0.1, -0.05) is 17.4 Å². The minimum atomic E-state index is -3.35. The lowest BCUT2D eigenvalue weighted by Gasteiger charge is -2.31. The molecule has 30 heavy (non-hydrogen) atoms. The summed E-state index contributed by atoms with van der Waals surface area (Å²) in [7, 11) is -1.72. The van der Waals surface area contributed by atoms with Crippen LogP contribution in [0.1, 0.15) is 23.2 Å². The van der Waals surface area contributed by atoms with Crippen molar-refractivity contribution in [3.63, 3.8) is 0 Å². The number of amides is 1. The van der Waals surface area contributed by atoms with Gasteiger partial charge in [-0.3, -0.25) is 4.79 Å². The number of aromatic nitrogens is 1. The molecule has 0 unspecified atom stereocenters. The van der Waals surface area contributed by atoms with Gasteiger partial charge in [-0.05, 0) is 36.4 Å². The van der Waals surface area contributed by atoms with Gasteiger partial charge in [-0.15, -0.1) is 0 Å². The van der Waals surface area contributed by atoms with Crippen LogP contribution in [0, 0.1) is 0 Å². The third-order valence-electron chi connectivity index (χ3n) is 5.08. The average molecular weight is 447 g/mol. The van der Waals surface area contributed by atoms with E-state index in [4.69, 9.17) is 9.47 Å². The Balaban J connectivity index is 1.38. The van der Waals surface area contributed by atoms with Crippen LogP contribution < -0.4 is 9.47 Å². The first-order chi connectivity index (χ1) is 14.3. The summed E-state index contributed by atoms with van der Waals surface area (Å²) in [4.78, 5) is 19.2. The number of benzene rings is 2. The maximum Gasteiger partial charge on any atom is 0.274 e. The number of thiazole rings is 1. The van der Waals surface area contributed by atoms with Crippen molar-refractivity contribution in [2.24, 2.45) is 0 Å². The van der Waals surface area contributed by atoms with Crippen molar-refractivity contribution >= 4 is 37.3 Å². The van der Waals surface area contributed by atoms with Crippen molar-refractivity contribution in [3.05, 3.63) is 48.0 Å². The molecule has 0 radical (unpaired) electrons. The summed E-state index contributed by atoms with van der Waals surface area (Å²) in [5.74, 6) is 0.621. The van der Waals surface area contributed by atoms with E-state index in [0.29, 0.717) is 36.7 Å². The molecule has 1 aliphatic heterocycles. The number of rotatable bonds is 5. The molecular weight excluding hydrogens is 424 g/mol. The Morgan fingerprint density at radius 1 is 1.17 bits per heavy atom. The highest BCUT2D eigenvalue weighted by atomic mass is 32.2. The lowest BCUT2D eigenvalue weighted by molar-refractivity contribution is 0.0595. The van der Waals surface area contributed by atoms with E-state index in [1.54, 1.807) is 24.1 Å². The van der Waals surface area contributed by atoms with Crippen molar-refractivity contribution < 1.29 is 22.7 Å². The summed E-state index contributed by atoms with van der Waals surface area (Å²) < 4.78 is 35.8. The second kappa shape index (κ2) is 8.23. The van der Waals surface area contributed by atoms with E-state index in [0.717, 1.165) is 22.2 Å². The van der Waals surface area contributed by atoms with E-state index in [-0.39, 0.29) is 16.9 Å². The summed E-state index contributed by atoms with van der Waals surface area (Å²) in [5.41, 5.74) is 1.26. The number of fused-ring (bicyclic) bond motifs is 1. The SMILES string of the molecule is COc1ccc2nc(OC3CCN(C(=O)c4cccc(S(C)(=O)=O)c4)CC3)sc2c1. The molecule has 1 aliphatic rings. The fourth-order valence-electron chi connectivity index (χ4n) is 3.42. The van der Waals surface area contributed by atoms with E-state index in [1.165, 1.54) is 23.5 Å². The van der Waals surface area contributed by atoms with Crippen molar-refractivity contribution in [2.45, 2.75) is 23.8 Å².